The molecule has 0 unspecified atom stereocenters. The van der Waals surface area contributed by atoms with E-state index in [1.807, 2.05) is 82.3 Å². The number of ether oxygens (including phenoxy) is 3. The molecular formula is C26H24N2O3S. The summed E-state index contributed by atoms with van der Waals surface area (Å²) in [5.41, 5.74) is 0.658. The summed E-state index contributed by atoms with van der Waals surface area (Å²) in [6, 6.07) is 23.1. The van der Waals surface area contributed by atoms with Crippen LogP contribution in [-0.2, 0) is 0 Å². The lowest BCUT2D eigenvalue weighted by atomic mass is 10.1. The Morgan fingerprint density at radius 3 is 1.97 bits per heavy atom. The standard InChI is InChI=1S/C26H24N2O3S/c1-17(2)29-24-14-19(15-27)26(23(16-28)25(24)30-18(3)4)32-22-12-10-21(11-13-22)31-20-8-6-5-7-9-20/h5-14,17-18H,1-4H3. The molecular weight excluding hydrogens is 420 g/mol. The van der Waals surface area contributed by atoms with E-state index in [-0.39, 0.29) is 12.2 Å². The molecule has 3 aromatic rings. The zero-order chi connectivity index (χ0) is 23.1. The first-order chi connectivity index (χ1) is 15.4. The van der Waals surface area contributed by atoms with E-state index >= 15 is 0 Å². The SMILES string of the molecule is CC(C)Oc1cc(C#N)c(Sc2ccc(Oc3ccccc3)cc2)c(C#N)c1OC(C)C. The van der Waals surface area contributed by atoms with Crippen molar-refractivity contribution in [2.45, 2.75) is 49.7 Å². The lowest BCUT2D eigenvalue weighted by Gasteiger charge is -2.20. The maximum Gasteiger partial charge on any atom is 0.180 e. The molecule has 0 aromatic heterocycles. The van der Waals surface area contributed by atoms with Gasteiger partial charge in [0, 0.05) is 11.0 Å². The van der Waals surface area contributed by atoms with Crippen LogP contribution in [0, 0.1) is 22.7 Å². The molecule has 6 heteroatoms. The van der Waals surface area contributed by atoms with Crippen LogP contribution in [0.3, 0.4) is 0 Å². The Morgan fingerprint density at radius 1 is 0.781 bits per heavy atom. The van der Waals surface area contributed by atoms with Crippen LogP contribution in [0.1, 0.15) is 38.8 Å². The molecule has 162 valence electrons. The molecule has 5 nitrogen and oxygen atoms in total. The summed E-state index contributed by atoms with van der Waals surface area (Å²) in [4.78, 5) is 1.41. The van der Waals surface area contributed by atoms with Crippen molar-refractivity contribution in [2.75, 3.05) is 0 Å². The average molecular weight is 445 g/mol. The smallest absolute Gasteiger partial charge is 0.180 e. The van der Waals surface area contributed by atoms with Crippen molar-refractivity contribution in [3.05, 3.63) is 71.8 Å². The highest BCUT2D eigenvalue weighted by molar-refractivity contribution is 7.99. The Kier molecular flexibility index (Phi) is 7.65. The van der Waals surface area contributed by atoms with Crippen molar-refractivity contribution in [1.29, 1.82) is 10.5 Å². The number of nitrogens with zero attached hydrogens (tertiary/aromatic N) is 2. The van der Waals surface area contributed by atoms with Crippen molar-refractivity contribution in [2.24, 2.45) is 0 Å². The summed E-state index contributed by atoms with van der Waals surface area (Å²) in [5.74, 6) is 2.22. The van der Waals surface area contributed by atoms with Gasteiger partial charge in [-0.15, -0.1) is 0 Å². The molecule has 3 rings (SSSR count). The topological polar surface area (TPSA) is 75.3 Å². The zero-order valence-corrected chi connectivity index (χ0v) is 19.3. The molecule has 0 aliphatic rings. The van der Waals surface area contributed by atoms with Crippen LogP contribution in [0.25, 0.3) is 0 Å². The van der Waals surface area contributed by atoms with E-state index < -0.39 is 0 Å². The number of hydrogen-bond donors (Lipinski definition) is 0. The van der Waals surface area contributed by atoms with Gasteiger partial charge < -0.3 is 14.2 Å². The highest BCUT2D eigenvalue weighted by Gasteiger charge is 2.23. The molecule has 3 aromatic carbocycles. The maximum atomic E-state index is 9.95. The van der Waals surface area contributed by atoms with E-state index in [0.717, 1.165) is 10.6 Å². The Labute approximate surface area is 193 Å². The molecule has 32 heavy (non-hydrogen) atoms. The van der Waals surface area contributed by atoms with Crippen LogP contribution in [0.5, 0.6) is 23.0 Å². The van der Waals surface area contributed by atoms with Gasteiger partial charge in [0.1, 0.15) is 29.2 Å². The normalized spacial score (nSPS) is 10.5. The minimum atomic E-state index is -0.156. The number of para-hydroxylation sites is 1. The lowest BCUT2D eigenvalue weighted by molar-refractivity contribution is 0.197. The second kappa shape index (κ2) is 10.6. The van der Waals surface area contributed by atoms with Gasteiger partial charge in [0.2, 0.25) is 0 Å². The van der Waals surface area contributed by atoms with E-state index in [4.69, 9.17) is 14.2 Å². The predicted octanol–water partition coefficient (Wildman–Crippen LogP) is 6.95. The Hall–Kier alpha value is -3.61. The molecule has 0 saturated heterocycles. The largest absolute Gasteiger partial charge is 0.487 e. The van der Waals surface area contributed by atoms with Crippen molar-refractivity contribution < 1.29 is 14.2 Å². The van der Waals surface area contributed by atoms with Gasteiger partial charge in [-0.3, -0.25) is 0 Å². The first-order valence-electron chi connectivity index (χ1n) is 10.3. The number of hydrogen-bond acceptors (Lipinski definition) is 6. The third-order valence-corrected chi connectivity index (χ3v) is 5.31. The van der Waals surface area contributed by atoms with Crippen LogP contribution in [-0.4, -0.2) is 12.2 Å². The van der Waals surface area contributed by atoms with Crippen LogP contribution in [0.4, 0.5) is 0 Å². The summed E-state index contributed by atoms with van der Waals surface area (Å²) in [6.45, 7) is 7.55. The van der Waals surface area contributed by atoms with Gasteiger partial charge in [0.05, 0.1) is 22.7 Å². The van der Waals surface area contributed by atoms with Crippen molar-refractivity contribution >= 4 is 11.8 Å². The van der Waals surface area contributed by atoms with Crippen molar-refractivity contribution in [1.82, 2.24) is 0 Å². The van der Waals surface area contributed by atoms with Gasteiger partial charge in [-0.2, -0.15) is 10.5 Å². The summed E-state index contributed by atoms with van der Waals surface area (Å²) < 4.78 is 17.6. The minimum absolute atomic E-state index is 0.127. The molecule has 0 radical (unpaired) electrons. The Balaban J connectivity index is 1.96. The molecule has 0 atom stereocenters. The van der Waals surface area contributed by atoms with Gasteiger partial charge in [0.15, 0.2) is 11.5 Å². The molecule has 0 bridgehead atoms. The van der Waals surface area contributed by atoms with Crippen LogP contribution >= 0.6 is 11.8 Å². The zero-order valence-electron chi connectivity index (χ0n) is 18.5. The van der Waals surface area contributed by atoms with Gasteiger partial charge in [-0.25, -0.2) is 0 Å². The highest BCUT2D eigenvalue weighted by Crippen LogP contribution is 2.43. The van der Waals surface area contributed by atoms with E-state index in [1.54, 1.807) is 6.07 Å². The van der Waals surface area contributed by atoms with Crippen LogP contribution < -0.4 is 14.2 Å². The number of benzene rings is 3. The molecule has 0 fully saturated rings. The first-order valence-corrected chi connectivity index (χ1v) is 11.1. The molecule has 0 aliphatic heterocycles. The van der Waals surface area contributed by atoms with E-state index in [2.05, 4.69) is 12.1 Å². The van der Waals surface area contributed by atoms with Crippen molar-refractivity contribution in [3.8, 4) is 35.1 Å². The molecule has 0 N–H and O–H groups in total. The monoisotopic (exact) mass is 444 g/mol. The van der Waals surface area contributed by atoms with Gasteiger partial charge in [0.25, 0.3) is 0 Å². The van der Waals surface area contributed by atoms with Crippen LogP contribution in [0.15, 0.2) is 70.5 Å². The fraction of sp³-hybridized carbons (Fsp3) is 0.231. The molecule has 0 saturated carbocycles. The second-order valence-corrected chi connectivity index (χ2v) is 8.58. The predicted molar refractivity (Wildman–Crippen MR) is 124 cm³/mol. The maximum absolute atomic E-state index is 9.95. The average Bonchev–Trinajstić information content (AvgIpc) is 2.77. The lowest BCUT2D eigenvalue weighted by Crippen LogP contribution is -2.13. The van der Waals surface area contributed by atoms with E-state index in [9.17, 15) is 10.5 Å². The number of rotatable bonds is 8. The van der Waals surface area contributed by atoms with E-state index in [1.165, 1.54) is 11.8 Å². The Bertz CT molecular complexity index is 1140. The molecule has 0 spiro atoms. The van der Waals surface area contributed by atoms with Crippen molar-refractivity contribution in [3.63, 3.8) is 0 Å². The Morgan fingerprint density at radius 2 is 1.41 bits per heavy atom. The van der Waals surface area contributed by atoms with Gasteiger partial charge >= 0.3 is 0 Å². The van der Waals surface area contributed by atoms with Gasteiger partial charge in [-0.05, 0) is 64.1 Å². The minimum Gasteiger partial charge on any atom is -0.487 e. The molecule has 0 aliphatic carbocycles. The molecule has 0 amide bonds. The third-order valence-electron chi connectivity index (χ3n) is 4.17. The first kappa shape index (κ1) is 23.1. The summed E-state index contributed by atoms with van der Waals surface area (Å²) in [6.07, 6.45) is -0.282. The summed E-state index contributed by atoms with van der Waals surface area (Å²) in [7, 11) is 0. The summed E-state index contributed by atoms with van der Waals surface area (Å²) >= 11 is 1.34. The van der Waals surface area contributed by atoms with Gasteiger partial charge in [-0.1, -0.05) is 30.0 Å². The number of nitriles is 2. The highest BCUT2D eigenvalue weighted by atomic mass is 32.2. The summed E-state index contributed by atoms with van der Waals surface area (Å²) in [5, 5.41) is 19.7. The third kappa shape index (κ3) is 5.75. The quantitative estimate of drug-likeness (QED) is 0.374. The van der Waals surface area contributed by atoms with Crippen LogP contribution in [0.2, 0.25) is 0 Å². The van der Waals surface area contributed by atoms with E-state index in [0.29, 0.717) is 33.3 Å². The fourth-order valence-corrected chi connectivity index (χ4v) is 3.89. The molecule has 0 heterocycles. The second-order valence-electron chi connectivity index (χ2n) is 7.50. The fourth-order valence-electron chi connectivity index (χ4n) is 2.93.